The molecule has 0 unspecified atom stereocenters. The van der Waals surface area contributed by atoms with E-state index in [9.17, 15) is 0 Å². The van der Waals surface area contributed by atoms with Crippen LogP contribution in [-0.4, -0.2) is 43.0 Å². The zero-order valence-electron chi connectivity index (χ0n) is 12.4. The van der Waals surface area contributed by atoms with Crippen molar-refractivity contribution in [2.24, 2.45) is 11.8 Å². The van der Waals surface area contributed by atoms with Gasteiger partial charge in [0, 0.05) is 25.7 Å². The minimum absolute atomic E-state index is 0.709. The summed E-state index contributed by atoms with van der Waals surface area (Å²) in [5.74, 6) is 1.82. The van der Waals surface area contributed by atoms with Crippen molar-refractivity contribution >= 4 is 0 Å². The van der Waals surface area contributed by atoms with Crippen LogP contribution in [-0.2, 0) is 6.54 Å². The first-order valence-corrected chi connectivity index (χ1v) is 7.55. The minimum Gasteiger partial charge on any atom is -0.305 e. The quantitative estimate of drug-likeness (QED) is 0.840. The smallest absolute Gasteiger partial charge is 0.0991 e. The van der Waals surface area contributed by atoms with Crippen LogP contribution in [0.3, 0.4) is 0 Å². The second-order valence-corrected chi connectivity index (χ2v) is 6.54. The van der Waals surface area contributed by atoms with Crippen molar-refractivity contribution in [2.75, 3.05) is 27.2 Å². The van der Waals surface area contributed by atoms with Crippen molar-refractivity contribution in [3.05, 3.63) is 35.4 Å². The molecule has 1 saturated heterocycles. The molecule has 1 saturated carbocycles. The Balaban J connectivity index is 1.64. The summed E-state index contributed by atoms with van der Waals surface area (Å²) in [6, 6.07) is 10.9. The Kier molecular flexibility index (Phi) is 3.78. The maximum absolute atomic E-state index is 8.85. The fraction of sp³-hybridized carbons (Fsp3) is 0.588. The lowest BCUT2D eigenvalue weighted by Crippen LogP contribution is -2.36. The van der Waals surface area contributed by atoms with Crippen LogP contribution in [0.1, 0.15) is 24.0 Å². The number of likely N-dealkylation sites (tertiary alicyclic amines) is 1. The van der Waals surface area contributed by atoms with Crippen molar-refractivity contribution in [2.45, 2.75) is 25.4 Å². The van der Waals surface area contributed by atoms with Gasteiger partial charge in [0.05, 0.1) is 11.6 Å². The topological polar surface area (TPSA) is 30.3 Å². The summed E-state index contributed by atoms with van der Waals surface area (Å²) in [4.78, 5) is 4.98. The first-order chi connectivity index (χ1) is 9.67. The normalized spacial score (nSPS) is 26.9. The first-order valence-electron chi connectivity index (χ1n) is 7.55. The van der Waals surface area contributed by atoms with Crippen LogP contribution in [0.5, 0.6) is 0 Å². The van der Waals surface area contributed by atoms with E-state index in [0.717, 1.165) is 23.9 Å². The highest BCUT2D eigenvalue weighted by atomic mass is 15.2. The van der Waals surface area contributed by atoms with Gasteiger partial charge in [-0.2, -0.15) is 5.26 Å². The fourth-order valence-corrected chi connectivity index (χ4v) is 3.50. The van der Waals surface area contributed by atoms with Gasteiger partial charge in [0.25, 0.3) is 0 Å². The third kappa shape index (κ3) is 2.87. The number of benzene rings is 1. The van der Waals surface area contributed by atoms with Gasteiger partial charge in [0.2, 0.25) is 0 Å². The van der Waals surface area contributed by atoms with Crippen LogP contribution in [0.4, 0.5) is 0 Å². The Morgan fingerprint density at radius 3 is 2.45 bits per heavy atom. The Hall–Kier alpha value is -1.37. The van der Waals surface area contributed by atoms with Gasteiger partial charge in [-0.3, -0.25) is 4.90 Å². The van der Waals surface area contributed by atoms with E-state index in [1.54, 1.807) is 0 Å². The lowest BCUT2D eigenvalue weighted by molar-refractivity contribution is 0.233. The van der Waals surface area contributed by atoms with E-state index in [2.05, 4.69) is 42.1 Å². The first kappa shape index (κ1) is 13.6. The second-order valence-electron chi connectivity index (χ2n) is 6.54. The molecule has 2 fully saturated rings. The molecule has 3 heteroatoms. The highest BCUT2D eigenvalue weighted by molar-refractivity contribution is 5.31. The van der Waals surface area contributed by atoms with Crippen LogP contribution < -0.4 is 0 Å². The predicted octanol–water partition coefficient (Wildman–Crippen LogP) is 2.33. The average Bonchev–Trinajstić information content (AvgIpc) is 3.21. The summed E-state index contributed by atoms with van der Waals surface area (Å²) in [5, 5.41) is 8.85. The predicted molar refractivity (Wildman–Crippen MR) is 80.1 cm³/mol. The molecule has 0 spiro atoms. The Morgan fingerprint density at radius 1 is 1.20 bits per heavy atom. The number of nitriles is 1. The maximum Gasteiger partial charge on any atom is 0.0991 e. The lowest BCUT2D eigenvalue weighted by atomic mass is 9.97. The standard InChI is InChI=1S/C17H23N3/c1-19(2)17-12-20(11-16(17)15-7-8-15)10-14-5-3-13(9-18)4-6-14/h3-6,15-17H,7-8,10-12H2,1-2H3/t16-,17+/m1/s1. The molecular weight excluding hydrogens is 246 g/mol. The molecule has 1 aliphatic heterocycles. The van der Waals surface area contributed by atoms with E-state index in [4.69, 9.17) is 5.26 Å². The molecule has 1 aromatic carbocycles. The van der Waals surface area contributed by atoms with E-state index >= 15 is 0 Å². The largest absolute Gasteiger partial charge is 0.305 e. The van der Waals surface area contributed by atoms with Gasteiger partial charge in [-0.05, 0) is 56.5 Å². The van der Waals surface area contributed by atoms with Gasteiger partial charge in [-0.25, -0.2) is 0 Å². The summed E-state index contributed by atoms with van der Waals surface area (Å²) >= 11 is 0. The number of rotatable bonds is 4. The molecular formula is C17H23N3. The van der Waals surface area contributed by atoms with Crippen molar-refractivity contribution in [3.8, 4) is 6.07 Å². The molecule has 1 heterocycles. The van der Waals surface area contributed by atoms with Crippen LogP contribution in [0.15, 0.2) is 24.3 Å². The van der Waals surface area contributed by atoms with Crippen LogP contribution in [0, 0.1) is 23.2 Å². The van der Waals surface area contributed by atoms with Gasteiger partial charge < -0.3 is 4.90 Å². The van der Waals surface area contributed by atoms with Crippen LogP contribution in [0.2, 0.25) is 0 Å². The van der Waals surface area contributed by atoms with Crippen LogP contribution in [0.25, 0.3) is 0 Å². The van der Waals surface area contributed by atoms with E-state index in [1.807, 2.05) is 12.1 Å². The molecule has 0 N–H and O–H groups in total. The summed E-state index contributed by atoms with van der Waals surface area (Å²) in [5.41, 5.74) is 2.06. The molecule has 20 heavy (non-hydrogen) atoms. The molecule has 1 aromatic rings. The van der Waals surface area contributed by atoms with Gasteiger partial charge in [-0.1, -0.05) is 12.1 Å². The summed E-state index contributed by atoms with van der Waals surface area (Å²) in [7, 11) is 4.43. The molecule has 0 bridgehead atoms. The van der Waals surface area contributed by atoms with Crippen molar-refractivity contribution in [1.82, 2.24) is 9.80 Å². The molecule has 2 atom stereocenters. The number of hydrogen-bond acceptors (Lipinski definition) is 3. The Labute approximate surface area is 121 Å². The molecule has 2 aliphatic rings. The highest BCUT2D eigenvalue weighted by Gasteiger charge is 2.42. The second kappa shape index (κ2) is 5.55. The average molecular weight is 269 g/mol. The summed E-state index contributed by atoms with van der Waals surface area (Å²) < 4.78 is 0. The number of likely N-dealkylation sites (N-methyl/N-ethyl adjacent to an activating group) is 1. The molecule has 3 nitrogen and oxygen atoms in total. The molecule has 0 amide bonds. The van der Waals surface area contributed by atoms with Gasteiger partial charge >= 0.3 is 0 Å². The number of hydrogen-bond donors (Lipinski definition) is 0. The molecule has 0 aromatic heterocycles. The molecule has 0 radical (unpaired) electrons. The third-order valence-corrected chi connectivity index (χ3v) is 4.79. The van der Waals surface area contributed by atoms with Crippen LogP contribution >= 0.6 is 0 Å². The van der Waals surface area contributed by atoms with E-state index in [-0.39, 0.29) is 0 Å². The monoisotopic (exact) mass is 269 g/mol. The summed E-state index contributed by atoms with van der Waals surface area (Å²) in [6.07, 6.45) is 2.86. The third-order valence-electron chi connectivity index (χ3n) is 4.79. The lowest BCUT2D eigenvalue weighted by Gasteiger charge is -2.25. The van der Waals surface area contributed by atoms with E-state index < -0.39 is 0 Å². The summed E-state index contributed by atoms with van der Waals surface area (Å²) in [6.45, 7) is 3.42. The van der Waals surface area contributed by atoms with Gasteiger partial charge in [0.15, 0.2) is 0 Å². The fourth-order valence-electron chi connectivity index (χ4n) is 3.50. The zero-order valence-corrected chi connectivity index (χ0v) is 12.4. The van der Waals surface area contributed by atoms with Crippen molar-refractivity contribution < 1.29 is 0 Å². The SMILES string of the molecule is CN(C)[C@H]1CN(Cc2ccc(C#N)cc2)C[C@@H]1C1CC1. The van der Waals surface area contributed by atoms with Crippen molar-refractivity contribution in [1.29, 1.82) is 5.26 Å². The molecule has 3 rings (SSSR count). The van der Waals surface area contributed by atoms with Crippen molar-refractivity contribution in [3.63, 3.8) is 0 Å². The maximum atomic E-state index is 8.85. The molecule has 1 aliphatic carbocycles. The molecule has 106 valence electrons. The minimum atomic E-state index is 0.709. The van der Waals surface area contributed by atoms with Gasteiger partial charge in [-0.15, -0.1) is 0 Å². The zero-order chi connectivity index (χ0) is 14.1. The van der Waals surface area contributed by atoms with E-state index in [1.165, 1.54) is 31.5 Å². The Morgan fingerprint density at radius 2 is 1.90 bits per heavy atom. The number of nitrogens with zero attached hydrogens (tertiary/aromatic N) is 3. The Bertz CT molecular complexity index is 486. The van der Waals surface area contributed by atoms with E-state index in [0.29, 0.717) is 6.04 Å². The highest BCUT2D eigenvalue weighted by Crippen LogP contribution is 2.42. The van der Waals surface area contributed by atoms with Gasteiger partial charge in [0.1, 0.15) is 0 Å².